The summed E-state index contributed by atoms with van der Waals surface area (Å²) in [4.78, 5) is 2.22. The third-order valence-corrected chi connectivity index (χ3v) is 8.74. The van der Waals surface area contributed by atoms with Gasteiger partial charge >= 0.3 is 0 Å². The van der Waals surface area contributed by atoms with Gasteiger partial charge in [0.2, 0.25) is 0 Å². The van der Waals surface area contributed by atoms with E-state index in [4.69, 9.17) is 16.1 Å². The predicted molar refractivity (Wildman–Crippen MR) is 153 cm³/mol. The van der Waals surface area contributed by atoms with E-state index in [-0.39, 0.29) is 18.8 Å². The standard InChI is InChI=1S/C31H34ClN2O2P/c32-21-22-36-37(35,34(25-30-17-9-3-10-18-30)26-31-19-11-4-12-20-31)27-33(23-28-13-5-1-6-14-28)24-29-15-7-2-8-16-29/h1-20H,21-27H2/t37-/m1/s1. The van der Waals surface area contributed by atoms with Crippen molar-refractivity contribution in [2.45, 2.75) is 26.2 Å². The van der Waals surface area contributed by atoms with Crippen LogP contribution in [0.1, 0.15) is 22.3 Å². The number of benzene rings is 4. The summed E-state index contributed by atoms with van der Waals surface area (Å²) in [5.74, 6) is 0.284. The molecule has 0 saturated carbocycles. The summed E-state index contributed by atoms with van der Waals surface area (Å²) >= 11 is 6.05. The van der Waals surface area contributed by atoms with Gasteiger partial charge in [0.1, 0.15) is 0 Å². The molecule has 4 aromatic rings. The van der Waals surface area contributed by atoms with Crippen LogP contribution in [0.25, 0.3) is 0 Å². The smallest absolute Gasteiger partial charge is 0.286 e. The maximum atomic E-state index is 14.9. The van der Waals surface area contributed by atoms with E-state index in [0.717, 1.165) is 11.1 Å². The van der Waals surface area contributed by atoms with Crippen molar-refractivity contribution in [3.05, 3.63) is 144 Å². The summed E-state index contributed by atoms with van der Waals surface area (Å²) in [6.45, 7) is 2.58. The van der Waals surface area contributed by atoms with Gasteiger partial charge in [-0.05, 0) is 22.3 Å². The average Bonchev–Trinajstić information content (AvgIpc) is 2.94. The Kier molecular flexibility index (Phi) is 10.5. The van der Waals surface area contributed by atoms with Gasteiger partial charge in [0.15, 0.2) is 0 Å². The molecule has 4 aromatic carbocycles. The summed E-state index contributed by atoms with van der Waals surface area (Å²) in [5, 5.41) is 0. The molecule has 6 heteroatoms. The van der Waals surface area contributed by atoms with Crippen LogP contribution in [0.4, 0.5) is 0 Å². The molecule has 0 spiro atoms. The number of rotatable bonds is 14. The van der Waals surface area contributed by atoms with Crippen LogP contribution in [-0.2, 0) is 35.3 Å². The third-order valence-electron chi connectivity index (χ3n) is 6.09. The minimum Gasteiger partial charge on any atom is -0.315 e. The Balaban J connectivity index is 1.67. The molecule has 0 aromatic heterocycles. The van der Waals surface area contributed by atoms with E-state index in [1.807, 2.05) is 77.5 Å². The molecule has 0 amide bonds. The predicted octanol–water partition coefficient (Wildman–Crippen LogP) is 7.80. The molecule has 0 bridgehead atoms. The first-order valence-electron chi connectivity index (χ1n) is 12.6. The van der Waals surface area contributed by atoms with Gasteiger partial charge in [-0.3, -0.25) is 9.46 Å². The summed E-state index contributed by atoms with van der Waals surface area (Å²) in [5.41, 5.74) is 4.51. The van der Waals surface area contributed by atoms with E-state index < -0.39 is 7.52 Å². The van der Waals surface area contributed by atoms with Crippen molar-refractivity contribution < 1.29 is 9.09 Å². The maximum Gasteiger partial charge on any atom is 0.286 e. The lowest BCUT2D eigenvalue weighted by molar-refractivity contribution is 0.224. The second-order valence-corrected chi connectivity index (χ2v) is 11.8. The van der Waals surface area contributed by atoms with Gasteiger partial charge in [0.25, 0.3) is 7.52 Å². The monoisotopic (exact) mass is 532 g/mol. The third kappa shape index (κ3) is 8.67. The summed E-state index contributed by atoms with van der Waals surface area (Å²) in [6.07, 6.45) is 0.285. The Morgan fingerprint density at radius 3 is 1.27 bits per heavy atom. The SMILES string of the molecule is O=[P@](CN(Cc1ccccc1)Cc1ccccc1)(OCCCl)N(Cc1ccccc1)Cc1ccccc1. The Bertz CT molecular complexity index is 1140. The molecule has 37 heavy (non-hydrogen) atoms. The average molecular weight is 533 g/mol. The molecular formula is C31H34ClN2O2P. The number of hydrogen-bond donors (Lipinski definition) is 0. The fourth-order valence-corrected chi connectivity index (χ4v) is 6.79. The van der Waals surface area contributed by atoms with Gasteiger partial charge in [-0.15, -0.1) is 11.6 Å². The van der Waals surface area contributed by atoms with Crippen LogP contribution in [0, 0.1) is 0 Å². The van der Waals surface area contributed by atoms with Gasteiger partial charge in [-0.1, -0.05) is 121 Å². The second kappa shape index (κ2) is 14.3. The minimum absolute atomic E-state index is 0.226. The Hall–Kier alpha value is -2.72. The van der Waals surface area contributed by atoms with Crippen molar-refractivity contribution in [2.24, 2.45) is 0 Å². The summed E-state index contributed by atoms with van der Waals surface area (Å²) < 4.78 is 23.1. The Morgan fingerprint density at radius 2 is 0.919 bits per heavy atom. The maximum absolute atomic E-state index is 14.9. The van der Waals surface area contributed by atoms with Crippen LogP contribution in [0.5, 0.6) is 0 Å². The number of hydrogen-bond acceptors (Lipinski definition) is 3. The Morgan fingerprint density at radius 1 is 0.568 bits per heavy atom. The van der Waals surface area contributed by atoms with Crippen molar-refractivity contribution in [1.29, 1.82) is 0 Å². The van der Waals surface area contributed by atoms with E-state index in [2.05, 4.69) is 53.4 Å². The molecule has 0 aliphatic heterocycles. The zero-order chi connectivity index (χ0) is 25.8. The highest BCUT2D eigenvalue weighted by Gasteiger charge is 2.34. The van der Waals surface area contributed by atoms with Gasteiger partial charge < -0.3 is 4.52 Å². The molecule has 1 atom stereocenters. The zero-order valence-corrected chi connectivity index (χ0v) is 22.7. The molecule has 4 nitrogen and oxygen atoms in total. The van der Waals surface area contributed by atoms with Crippen molar-refractivity contribution in [3.63, 3.8) is 0 Å². The van der Waals surface area contributed by atoms with Crippen LogP contribution in [0.2, 0.25) is 0 Å². The molecule has 0 radical (unpaired) electrons. The van der Waals surface area contributed by atoms with E-state index in [1.54, 1.807) is 0 Å². The lowest BCUT2D eigenvalue weighted by Gasteiger charge is -2.35. The van der Waals surface area contributed by atoms with E-state index >= 15 is 0 Å². The fourth-order valence-electron chi connectivity index (χ4n) is 4.34. The molecule has 0 aliphatic rings. The highest BCUT2D eigenvalue weighted by atomic mass is 35.5. The van der Waals surface area contributed by atoms with Crippen molar-refractivity contribution >= 4 is 19.1 Å². The van der Waals surface area contributed by atoms with E-state index in [9.17, 15) is 4.57 Å². The molecule has 0 unspecified atom stereocenters. The van der Waals surface area contributed by atoms with Crippen molar-refractivity contribution in [3.8, 4) is 0 Å². The lowest BCUT2D eigenvalue weighted by Crippen LogP contribution is -2.31. The van der Waals surface area contributed by atoms with Gasteiger partial charge in [0.05, 0.1) is 12.9 Å². The topological polar surface area (TPSA) is 32.8 Å². The van der Waals surface area contributed by atoms with Crippen LogP contribution in [-0.4, -0.2) is 28.3 Å². The van der Waals surface area contributed by atoms with Crippen LogP contribution >= 0.6 is 19.1 Å². The van der Waals surface area contributed by atoms with Gasteiger partial charge in [-0.25, -0.2) is 4.67 Å². The fraction of sp³-hybridized carbons (Fsp3) is 0.226. The van der Waals surface area contributed by atoms with Crippen LogP contribution in [0.15, 0.2) is 121 Å². The number of nitrogens with zero attached hydrogens (tertiary/aromatic N) is 2. The van der Waals surface area contributed by atoms with E-state index in [1.165, 1.54) is 11.1 Å². The first kappa shape index (κ1) is 27.3. The van der Waals surface area contributed by atoms with Crippen LogP contribution < -0.4 is 0 Å². The number of alkyl halides is 1. The summed E-state index contributed by atoms with van der Waals surface area (Å²) in [7, 11) is -3.33. The normalized spacial score (nSPS) is 13.1. The first-order valence-corrected chi connectivity index (χ1v) is 14.9. The summed E-state index contributed by atoms with van der Waals surface area (Å²) in [6, 6.07) is 40.9. The zero-order valence-electron chi connectivity index (χ0n) is 21.0. The highest BCUT2D eigenvalue weighted by Crippen LogP contribution is 2.53. The molecule has 0 fully saturated rings. The first-order chi connectivity index (χ1) is 18.1. The van der Waals surface area contributed by atoms with Gasteiger partial charge in [-0.2, -0.15) is 0 Å². The molecule has 0 N–H and O–H groups in total. The largest absolute Gasteiger partial charge is 0.315 e. The molecule has 0 heterocycles. The highest BCUT2D eigenvalue weighted by molar-refractivity contribution is 7.56. The molecule has 0 saturated heterocycles. The second-order valence-electron chi connectivity index (χ2n) is 9.05. The van der Waals surface area contributed by atoms with Gasteiger partial charge in [0, 0.05) is 32.1 Å². The lowest BCUT2D eigenvalue weighted by atomic mass is 10.2. The van der Waals surface area contributed by atoms with Crippen molar-refractivity contribution in [1.82, 2.24) is 9.57 Å². The van der Waals surface area contributed by atoms with E-state index in [0.29, 0.717) is 26.2 Å². The molecular weight excluding hydrogens is 499 g/mol. The van der Waals surface area contributed by atoms with Crippen LogP contribution in [0.3, 0.4) is 0 Å². The Labute approximate surface area is 226 Å². The minimum atomic E-state index is -3.33. The van der Waals surface area contributed by atoms with Crippen molar-refractivity contribution in [2.75, 3.05) is 18.8 Å². The quantitative estimate of drug-likeness (QED) is 0.122. The molecule has 4 rings (SSSR count). The number of halogens is 1. The molecule has 0 aliphatic carbocycles. The molecule has 192 valence electrons.